The fraction of sp³-hybridized carbons (Fsp3) is 0.914. The van der Waals surface area contributed by atoms with E-state index < -0.39 is 26.5 Å². The van der Waals surface area contributed by atoms with Crippen molar-refractivity contribution in [2.45, 2.75) is 386 Å². The van der Waals surface area contributed by atoms with E-state index in [9.17, 15) is 19.0 Å². The van der Waals surface area contributed by atoms with Gasteiger partial charge < -0.3 is 20.1 Å². The summed E-state index contributed by atoms with van der Waals surface area (Å²) in [6.07, 6.45) is 81.5. The van der Waals surface area contributed by atoms with E-state index in [-0.39, 0.29) is 38.6 Å². The number of hydrogen-bond acceptors (Lipinski definition) is 8. The Kier molecular flexibility index (Phi) is 65.4. The third-order valence-corrected chi connectivity index (χ3v) is 17.1. The molecule has 0 aromatic carbocycles. The Bertz CT molecular complexity index is 1360. The van der Waals surface area contributed by atoms with Crippen molar-refractivity contribution < 1.29 is 37.6 Å². The standard InChI is InChI=1S/C70H136NO8P/c1-3-5-7-9-11-13-15-17-19-21-23-25-26-27-28-29-30-31-32-33-34-35-36-37-38-39-40-41-42-43-45-47-49-51-53-55-57-59-61-63-70(73)79-68(67-78-80(74,75)77-65-64-71)66-76-69(72)62-60-58-56-54-52-50-48-46-44-24-22-20-18-16-14-12-10-8-6-4-2/h15,17,21,23,68H,3-14,16,18-20,22,24-67,71H2,1-2H3,(H,74,75)/b17-15-,23-21-. The maximum atomic E-state index is 12.8. The number of ether oxygens (including phenoxy) is 2. The van der Waals surface area contributed by atoms with Crippen molar-refractivity contribution in [3.05, 3.63) is 24.3 Å². The van der Waals surface area contributed by atoms with Gasteiger partial charge in [0, 0.05) is 19.4 Å². The summed E-state index contributed by atoms with van der Waals surface area (Å²) >= 11 is 0. The van der Waals surface area contributed by atoms with Gasteiger partial charge in [-0.1, -0.05) is 346 Å². The number of rotatable bonds is 68. The van der Waals surface area contributed by atoms with Gasteiger partial charge in [0.15, 0.2) is 6.10 Å². The topological polar surface area (TPSA) is 134 Å². The Hall–Kier alpha value is -1.51. The number of esters is 2. The molecule has 0 heterocycles. The lowest BCUT2D eigenvalue weighted by atomic mass is 10.0. The van der Waals surface area contributed by atoms with E-state index in [0.717, 1.165) is 38.5 Å². The summed E-state index contributed by atoms with van der Waals surface area (Å²) < 4.78 is 33.2. The molecule has 0 rings (SSSR count). The van der Waals surface area contributed by atoms with Gasteiger partial charge >= 0.3 is 19.8 Å². The second-order valence-electron chi connectivity index (χ2n) is 24.1. The molecule has 9 nitrogen and oxygen atoms in total. The molecule has 2 unspecified atom stereocenters. The number of hydrogen-bond donors (Lipinski definition) is 2. The highest BCUT2D eigenvalue weighted by Crippen LogP contribution is 2.43. The SMILES string of the molecule is CCCCCCC/C=C\C/C=C\CCCCCCCCCCCCCCCCCCCCCCCCCCCCCC(=O)OC(COC(=O)CCCCCCCCCCCCCCCCCCCCCC)COP(=O)(O)OCCN. The second-order valence-corrected chi connectivity index (χ2v) is 25.6. The molecular weight excluding hydrogens is 1010 g/mol. The number of allylic oxidation sites excluding steroid dienone is 4. The summed E-state index contributed by atoms with van der Waals surface area (Å²) in [6.45, 7) is 3.81. The Labute approximate surface area is 497 Å². The second kappa shape index (κ2) is 66.6. The third-order valence-electron chi connectivity index (χ3n) is 16.1. The number of carbonyl (C=O) groups is 2. The van der Waals surface area contributed by atoms with Crippen LogP contribution in [0.5, 0.6) is 0 Å². The monoisotopic (exact) mass is 1150 g/mol. The molecule has 2 atom stereocenters. The lowest BCUT2D eigenvalue weighted by molar-refractivity contribution is -0.161. The summed E-state index contributed by atoms with van der Waals surface area (Å²) in [6, 6.07) is 0. The Balaban J connectivity index is 3.74. The molecule has 0 aliphatic rings. The van der Waals surface area contributed by atoms with Gasteiger partial charge in [-0.05, 0) is 44.9 Å². The zero-order chi connectivity index (χ0) is 58.0. The smallest absolute Gasteiger partial charge is 0.462 e. The molecule has 0 aliphatic carbocycles. The van der Waals surface area contributed by atoms with Crippen molar-refractivity contribution in [1.29, 1.82) is 0 Å². The molecule has 80 heavy (non-hydrogen) atoms. The van der Waals surface area contributed by atoms with Gasteiger partial charge in [0.25, 0.3) is 0 Å². The predicted molar refractivity (Wildman–Crippen MR) is 344 cm³/mol. The van der Waals surface area contributed by atoms with E-state index in [1.807, 2.05) is 0 Å². The normalized spacial score (nSPS) is 13.0. The molecule has 0 saturated heterocycles. The Morgan fingerprint density at radius 2 is 0.650 bits per heavy atom. The molecule has 0 spiro atoms. The highest BCUT2D eigenvalue weighted by molar-refractivity contribution is 7.47. The molecule has 0 fully saturated rings. The number of phosphoric ester groups is 1. The number of unbranched alkanes of at least 4 members (excludes halogenated alkanes) is 51. The summed E-state index contributed by atoms with van der Waals surface area (Å²) in [4.78, 5) is 35.3. The first kappa shape index (κ1) is 78.5. The van der Waals surface area contributed by atoms with Gasteiger partial charge in [0.2, 0.25) is 0 Å². The molecular formula is C70H136NO8P. The highest BCUT2D eigenvalue weighted by atomic mass is 31.2. The van der Waals surface area contributed by atoms with E-state index in [2.05, 4.69) is 38.2 Å². The Morgan fingerprint density at radius 1 is 0.375 bits per heavy atom. The van der Waals surface area contributed by atoms with Crippen molar-refractivity contribution in [3.8, 4) is 0 Å². The average Bonchev–Trinajstić information content (AvgIpc) is 3.45. The zero-order valence-corrected chi connectivity index (χ0v) is 54.2. The predicted octanol–water partition coefficient (Wildman–Crippen LogP) is 22.9. The lowest BCUT2D eigenvalue weighted by Gasteiger charge is -2.19. The number of nitrogens with two attached hydrogens (primary N) is 1. The largest absolute Gasteiger partial charge is 0.472 e. The lowest BCUT2D eigenvalue weighted by Crippen LogP contribution is -2.29. The van der Waals surface area contributed by atoms with Crippen LogP contribution < -0.4 is 5.73 Å². The van der Waals surface area contributed by atoms with Gasteiger partial charge in [-0.3, -0.25) is 18.6 Å². The number of phosphoric acid groups is 1. The van der Waals surface area contributed by atoms with Crippen LogP contribution in [0.1, 0.15) is 380 Å². The van der Waals surface area contributed by atoms with Gasteiger partial charge in [0.05, 0.1) is 13.2 Å². The molecule has 10 heteroatoms. The van der Waals surface area contributed by atoms with E-state index in [0.29, 0.717) is 6.42 Å². The highest BCUT2D eigenvalue weighted by Gasteiger charge is 2.26. The van der Waals surface area contributed by atoms with E-state index >= 15 is 0 Å². The minimum atomic E-state index is -4.39. The quantitative estimate of drug-likeness (QED) is 0.0264. The molecule has 0 radical (unpaired) electrons. The van der Waals surface area contributed by atoms with Crippen LogP contribution in [0.25, 0.3) is 0 Å². The maximum Gasteiger partial charge on any atom is 0.472 e. The van der Waals surface area contributed by atoms with Crippen LogP contribution in [0.15, 0.2) is 24.3 Å². The molecule has 0 aliphatic heterocycles. The van der Waals surface area contributed by atoms with Crippen LogP contribution in [-0.2, 0) is 32.7 Å². The maximum absolute atomic E-state index is 12.8. The molecule has 3 N–H and O–H groups in total. The molecule has 0 amide bonds. The van der Waals surface area contributed by atoms with Gasteiger partial charge in [-0.15, -0.1) is 0 Å². The van der Waals surface area contributed by atoms with Crippen LogP contribution in [0.4, 0.5) is 0 Å². The molecule has 0 bridgehead atoms. The fourth-order valence-corrected chi connectivity index (χ4v) is 11.6. The zero-order valence-electron chi connectivity index (χ0n) is 53.3. The van der Waals surface area contributed by atoms with Crippen LogP contribution >= 0.6 is 7.82 Å². The van der Waals surface area contributed by atoms with Crippen LogP contribution in [-0.4, -0.2) is 49.3 Å². The van der Waals surface area contributed by atoms with Gasteiger partial charge in [-0.2, -0.15) is 0 Å². The van der Waals surface area contributed by atoms with Crippen molar-refractivity contribution >= 4 is 19.8 Å². The van der Waals surface area contributed by atoms with Gasteiger partial charge in [-0.25, -0.2) is 4.57 Å². The van der Waals surface area contributed by atoms with Crippen LogP contribution in [0.3, 0.4) is 0 Å². The first-order chi connectivity index (χ1) is 39.3. The van der Waals surface area contributed by atoms with Crippen molar-refractivity contribution in [2.24, 2.45) is 5.73 Å². The molecule has 0 aromatic rings. The first-order valence-corrected chi connectivity index (χ1v) is 36.8. The molecule has 0 aromatic heterocycles. The fourth-order valence-electron chi connectivity index (χ4n) is 10.8. The summed E-state index contributed by atoms with van der Waals surface area (Å²) in [5.74, 6) is -0.801. The van der Waals surface area contributed by atoms with Crippen molar-refractivity contribution in [2.75, 3.05) is 26.4 Å². The summed E-state index contributed by atoms with van der Waals surface area (Å²) in [5, 5.41) is 0. The minimum Gasteiger partial charge on any atom is -0.462 e. The Morgan fingerprint density at radius 3 is 0.950 bits per heavy atom. The van der Waals surface area contributed by atoms with Crippen LogP contribution in [0, 0.1) is 0 Å². The number of carbonyl (C=O) groups excluding carboxylic acids is 2. The van der Waals surface area contributed by atoms with Crippen molar-refractivity contribution in [3.63, 3.8) is 0 Å². The van der Waals surface area contributed by atoms with E-state index in [1.165, 1.54) is 308 Å². The van der Waals surface area contributed by atoms with Crippen LogP contribution in [0.2, 0.25) is 0 Å². The molecule has 474 valence electrons. The van der Waals surface area contributed by atoms with E-state index in [1.54, 1.807) is 0 Å². The van der Waals surface area contributed by atoms with Crippen molar-refractivity contribution in [1.82, 2.24) is 0 Å². The molecule has 0 saturated carbocycles. The van der Waals surface area contributed by atoms with Gasteiger partial charge in [0.1, 0.15) is 6.61 Å². The average molecular weight is 1150 g/mol. The third kappa shape index (κ3) is 65.6. The first-order valence-electron chi connectivity index (χ1n) is 35.3. The minimum absolute atomic E-state index is 0.0576. The summed E-state index contributed by atoms with van der Waals surface area (Å²) in [5.41, 5.74) is 5.40. The summed E-state index contributed by atoms with van der Waals surface area (Å²) in [7, 11) is -4.39. The van der Waals surface area contributed by atoms with E-state index in [4.69, 9.17) is 24.3 Å².